The summed E-state index contributed by atoms with van der Waals surface area (Å²) in [6, 6.07) is 17.6. The molecule has 2 nitrogen and oxygen atoms in total. The summed E-state index contributed by atoms with van der Waals surface area (Å²) >= 11 is 0. The summed E-state index contributed by atoms with van der Waals surface area (Å²) in [5, 5.41) is 0. The van der Waals surface area contributed by atoms with E-state index in [9.17, 15) is 0 Å². The van der Waals surface area contributed by atoms with Crippen LogP contribution in [-0.4, -0.2) is 0 Å². The van der Waals surface area contributed by atoms with Crippen molar-refractivity contribution in [2.24, 2.45) is 0 Å². The lowest BCUT2D eigenvalue weighted by atomic mass is 10.0. The van der Waals surface area contributed by atoms with Crippen LogP contribution in [0, 0.1) is 0 Å². The first-order valence-electron chi connectivity index (χ1n) is 12.1. The van der Waals surface area contributed by atoms with Crippen LogP contribution in [0.3, 0.4) is 0 Å². The Labute approximate surface area is 227 Å². The number of para-hydroxylation sites is 1. The Kier molecular flexibility index (Phi) is 12.7. The van der Waals surface area contributed by atoms with Gasteiger partial charge in [-0.2, -0.15) is 0 Å². The lowest BCUT2D eigenvalue weighted by Gasteiger charge is -2.08. The van der Waals surface area contributed by atoms with Gasteiger partial charge in [-0.05, 0) is 70.9 Å². The second-order valence-corrected chi connectivity index (χ2v) is 7.69. The van der Waals surface area contributed by atoms with E-state index >= 15 is 0 Å². The first-order valence-corrected chi connectivity index (χ1v) is 12.1. The predicted octanol–water partition coefficient (Wildman–Crippen LogP) is 10.2. The van der Waals surface area contributed by atoms with Gasteiger partial charge in [0.15, 0.2) is 0 Å². The van der Waals surface area contributed by atoms with Crippen LogP contribution in [0.15, 0.2) is 196 Å². The molecule has 0 aliphatic rings. The highest BCUT2D eigenvalue weighted by Gasteiger charge is 2.02. The molecule has 0 saturated heterocycles. The van der Waals surface area contributed by atoms with E-state index in [1.54, 1.807) is 42.5 Å². The van der Waals surface area contributed by atoms with E-state index in [1.165, 1.54) is 0 Å². The zero-order valence-corrected chi connectivity index (χ0v) is 21.8. The second kappa shape index (κ2) is 16.6. The zero-order valence-electron chi connectivity index (χ0n) is 21.8. The Morgan fingerprint density at radius 2 is 1.11 bits per heavy atom. The maximum atomic E-state index is 5.89. The van der Waals surface area contributed by atoms with Gasteiger partial charge in [-0.15, -0.1) is 0 Å². The third kappa shape index (κ3) is 9.52. The van der Waals surface area contributed by atoms with Crippen molar-refractivity contribution in [3.8, 4) is 11.5 Å². The van der Waals surface area contributed by atoms with E-state index in [0.717, 1.165) is 33.8 Å². The Hall–Kier alpha value is -5.08. The molecule has 2 rings (SSSR count). The van der Waals surface area contributed by atoms with E-state index in [4.69, 9.17) is 9.47 Å². The van der Waals surface area contributed by atoms with E-state index in [2.05, 4.69) is 39.5 Å². The smallest absolute Gasteiger partial charge is 0.127 e. The first kappa shape index (κ1) is 29.2. The minimum Gasteiger partial charge on any atom is -0.457 e. The molecule has 190 valence electrons. The molecular weight excluding hydrogens is 464 g/mol. The molecule has 2 aromatic carbocycles. The van der Waals surface area contributed by atoms with Gasteiger partial charge in [0.05, 0.1) is 0 Å². The van der Waals surface area contributed by atoms with Gasteiger partial charge in [-0.25, -0.2) is 0 Å². The largest absolute Gasteiger partial charge is 0.457 e. The molecule has 0 unspecified atom stereocenters. The summed E-state index contributed by atoms with van der Waals surface area (Å²) < 4.78 is 11.8. The minimum absolute atomic E-state index is 0.561. The molecule has 2 heteroatoms. The van der Waals surface area contributed by atoms with Crippen molar-refractivity contribution in [2.45, 2.75) is 0 Å². The molecule has 0 radical (unpaired) electrons. The molecule has 0 aliphatic carbocycles. The van der Waals surface area contributed by atoms with Crippen LogP contribution >= 0.6 is 0 Å². The van der Waals surface area contributed by atoms with Crippen molar-refractivity contribution in [1.29, 1.82) is 0 Å². The summed E-state index contributed by atoms with van der Waals surface area (Å²) in [7, 11) is 0. The van der Waals surface area contributed by atoms with Gasteiger partial charge in [-0.1, -0.05) is 124 Å². The van der Waals surface area contributed by atoms with Gasteiger partial charge in [-0.3, -0.25) is 0 Å². The van der Waals surface area contributed by atoms with Crippen molar-refractivity contribution < 1.29 is 9.47 Å². The molecule has 0 saturated carbocycles. The molecule has 0 spiro atoms. The Morgan fingerprint density at radius 1 is 0.526 bits per heavy atom. The summed E-state index contributed by atoms with van der Waals surface area (Å²) in [6.45, 7) is 23.2. The number of allylic oxidation sites excluding steroid dienone is 16. The maximum Gasteiger partial charge on any atom is 0.127 e. The zero-order chi connectivity index (χ0) is 27.6. The van der Waals surface area contributed by atoms with Gasteiger partial charge in [0.25, 0.3) is 0 Å². The summed E-state index contributed by atoms with van der Waals surface area (Å²) in [5.41, 5.74) is 3.72. The quantitative estimate of drug-likeness (QED) is 0.180. The van der Waals surface area contributed by atoms with Gasteiger partial charge < -0.3 is 9.47 Å². The van der Waals surface area contributed by atoms with Crippen molar-refractivity contribution >= 4 is 5.57 Å². The second-order valence-electron chi connectivity index (χ2n) is 7.69. The molecule has 0 atom stereocenters. The van der Waals surface area contributed by atoms with Crippen LogP contribution in [0.1, 0.15) is 5.56 Å². The van der Waals surface area contributed by atoms with E-state index < -0.39 is 0 Å². The Morgan fingerprint density at radius 3 is 1.66 bits per heavy atom. The SMILES string of the molecule is C=C/C=C\C=C(/C=C)O/C(C=C)=C/C=C(C=C)/C(C=C)=C/C=C(\C=C)c1ccc(Oc2ccccc2)cc1. The van der Waals surface area contributed by atoms with Crippen molar-refractivity contribution in [3.63, 3.8) is 0 Å². The third-order valence-electron chi connectivity index (χ3n) is 5.17. The van der Waals surface area contributed by atoms with Crippen LogP contribution in [0.5, 0.6) is 11.5 Å². The number of rotatable bonds is 15. The lowest BCUT2D eigenvalue weighted by Crippen LogP contribution is -1.89. The fourth-order valence-corrected chi connectivity index (χ4v) is 3.19. The summed E-state index contributed by atoms with van der Waals surface area (Å²) in [6.07, 6.45) is 23.4. The highest BCUT2D eigenvalue weighted by Crippen LogP contribution is 2.25. The molecule has 38 heavy (non-hydrogen) atoms. The number of hydrogen-bond donors (Lipinski definition) is 0. The molecule has 0 fully saturated rings. The monoisotopic (exact) mass is 498 g/mol. The van der Waals surface area contributed by atoms with Crippen LogP contribution in [0.2, 0.25) is 0 Å². The normalized spacial score (nSPS) is 13.0. The molecule has 0 aliphatic heterocycles. The van der Waals surface area contributed by atoms with E-state index in [1.807, 2.05) is 91.1 Å². The van der Waals surface area contributed by atoms with Gasteiger partial charge >= 0.3 is 0 Å². The topological polar surface area (TPSA) is 18.5 Å². The molecule has 0 heterocycles. The highest BCUT2D eigenvalue weighted by molar-refractivity contribution is 5.75. The first-order chi connectivity index (χ1) is 18.6. The van der Waals surface area contributed by atoms with E-state index in [0.29, 0.717) is 11.5 Å². The lowest BCUT2D eigenvalue weighted by molar-refractivity contribution is 0.337. The standard InChI is InChI=1S/C36H34O2/c1-7-13-15-18-33(11-5)37-34(12-6)26-23-30(9-3)29(8-2)21-22-31(10-4)32-24-27-36(28-25-32)38-35-19-16-14-17-20-35/h7-28H,1-6H2/b15-13-,29-21+,30-23+,31-22+,33-18+,34-26+. The molecule has 0 bridgehead atoms. The predicted molar refractivity (Wildman–Crippen MR) is 165 cm³/mol. The van der Waals surface area contributed by atoms with Gasteiger partial charge in [0.1, 0.15) is 23.0 Å². The molecular formula is C36H34O2. The molecule has 2 aromatic rings. The van der Waals surface area contributed by atoms with Crippen molar-refractivity contribution in [3.05, 3.63) is 201 Å². The third-order valence-corrected chi connectivity index (χ3v) is 5.17. The Bertz CT molecular complexity index is 1320. The maximum absolute atomic E-state index is 5.89. The fourth-order valence-electron chi connectivity index (χ4n) is 3.19. The Balaban J connectivity index is 2.27. The van der Waals surface area contributed by atoms with Crippen molar-refractivity contribution in [2.75, 3.05) is 0 Å². The highest BCUT2D eigenvalue weighted by atomic mass is 16.5. The number of hydrogen-bond acceptors (Lipinski definition) is 2. The summed E-state index contributed by atoms with van der Waals surface area (Å²) in [4.78, 5) is 0. The van der Waals surface area contributed by atoms with Crippen LogP contribution < -0.4 is 4.74 Å². The van der Waals surface area contributed by atoms with E-state index in [-0.39, 0.29) is 0 Å². The molecule has 0 amide bonds. The number of benzene rings is 2. The molecule has 0 aromatic heterocycles. The average molecular weight is 499 g/mol. The minimum atomic E-state index is 0.561. The van der Waals surface area contributed by atoms with Crippen molar-refractivity contribution in [1.82, 2.24) is 0 Å². The summed E-state index contributed by atoms with van der Waals surface area (Å²) in [5.74, 6) is 2.70. The molecule has 0 N–H and O–H groups in total. The average Bonchev–Trinajstić information content (AvgIpc) is 2.96. The van der Waals surface area contributed by atoms with Crippen LogP contribution in [0.25, 0.3) is 5.57 Å². The number of ether oxygens (including phenoxy) is 2. The fraction of sp³-hybridized carbons (Fsp3) is 0. The van der Waals surface area contributed by atoms with Gasteiger partial charge in [0, 0.05) is 0 Å². The van der Waals surface area contributed by atoms with Crippen LogP contribution in [-0.2, 0) is 4.74 Å². The van der Waals surface area contributed by atoms with Gasteiger partial charge in [0.2, 0.25) is 0 Å². The van der Waals surface area contributed by atoms with Crippen LogP contribution in [0.4, 0.5) is 0 Å².